The number of carbonyl (C=O) groups is 6. The fourth-order valence-electron chi connectivity index (χ4n) is 3.29. The first-order valence-electron chi connectivity index (χ1n) is 12.5. The Hall–Kier alpha value is -4.95. The number of hydrogen-bond donors (Lipinski definition) is 6. The molecule has 2 rings (SSSR count). The van der Waals surface area contributed by atoms with E-state index in [0.29, 0.717) is 11.3 Å². The lowest BCUT2D eigenvalue weighted by atomic mass is 10.2. The minimum absolute atomic E-state index is 0.0144. The lowest BCUT2D eigenvalue weighted by molar-refractivity contribution is -0.151. The van der Waals surface area contributed by atoms with Gasteiger partial charge in [-0.05, 0) is 28.4 Å². The molecular weight excluding hydrogens is 656 g/mol. The van der Waals surface area contributed by atoms with Crippen LogP contribution in [-0.2, 0) is 41.9 Å². The van der Waals surface area contributed by atoms with Crippen molar-refractivity contribution < 1.29 is 39.0 Å². The largest absolute Gasteiger partial charge is 0.475 e. The Labute approximate surface area is 255 Å². The second kappa shape index (κ2) is 17.2. The van der Waals surface area contributed by atoms with Crippen LogP contribution >= 0.6 is 15.9 Å². The first-order chi connectivity index (χ1) is 20.5. The summed E-state index contributed by atoms with van der Waals surface area (Å²) in [4.78, 5) is 106. The molecule has 0 aliphatic heterocycles. The van der Waals surface area contributed by atoms with Gasteiger partial charge in [-0.15, -0.1) is 0 Å². The Morgan fingerprint density at radius 2 is 1.30 bits per heavy atom. The number of nitrogens with one attached hydrogen (secondary N) is 1. The van der Waals surface area contributed by atoms with Crippen molar-refractivity contribution in [2.75, 3.05) is 45.0 Å². The van der Waals surface area contributed by atoms with Crippen LogP contribution in [0.15, 0.2) is 37.3 Å². The second-order valence-electron chi connectivity index (χ2n) is 8.91. The van der Waals surface area contributed by atoms with Crippen LogP contribution in [0.25, 0.3) is 0 Å². The maximum atomic E-state index is 12.1. The van der Waals surface area contributed by atoms with Crippen LogP contribution in [0.4, 0.5) is 5.69 Å². The number of Topliss-reactive ketones (excluding diaryl/α,β-unsaturated/α-hetero) is 2. The Bertz CT molecular complexity index is 1600. The number of aromatic nitrogens is 3. The topological polar surface area (TPSA) is 304 Å². The van der Waals surface area contributed by atoms with Crippen molar-refractivity contribution in [3.63, 3.8) is 0 Å². The van der Waals surface area contributed by atoms with E-state index < -0.39 is 71.8 Å². The van der Waals surface area contributed by atoms with Crippen molar-refractivity contribution in [3.05, 3.63) is 59.7 Å². The van der Waals surface area contributed by atoms with Crippen molar-refractivity contribution in [2.24, 2.45) is 11.5 Å². The van der Waals surface area contributed by atoms with E-state index in [1.807, 2.05) is 4.98 Å². The number of amides is 2. The van der Waals surface area contributed by atoms with Gasteiger partial charge < -0.3 is 41.8 Å². The number of nitrogen functional groups attached to an aromatic ring is 1. The Kier molecular flexibility index (Phi) is 14.5. The number of rotatable bonds is 14. The summed E-state index contributed by atoms with van der Waals surface area (Å²) in [6, 6.07) is 1.19. The summed E-state index contributed by atoms with van der Waals surface area (Å²) in [5, 5.41) is 17.2. The number of anilines is 1. The fraction of sp³-hybridized carbons (Fsp3) is 0.375. The molecule has 2 amide bonds. The van der Waals surface area contributed by atoms with E-state index in [0.717, 1.165) is 25.1 Å². The van der Waals surface area contributed by atoms with Gasteiger partial charge in [0.05, 0.1) is 17.6 Å². The number of nitrogens with zero attached hydrogens (tertiary/aromatic N) is 4. The highest BCUT2D eigenvalue weighted by atomic mass is 79.9. The zero-order chi connectivity index (χ0) is 33.7. The average molecular weight is 687 g/mol. The molecule has 0 unspecified atom stereocenters. The van der Waals surface area contributed by atoms with E-state index in [9.17, 15) is 43.2 Å². The molecule has 0 saturated heterocycles. The molecule has 0 aliphatic rings. The third-order valence-corrected chi connectivity index (χ3v) is 6.16. The van der Waals surface area contributed by atoms with E-state index in [-0.39, 0.29) is 37.2 Å². The molecule has 0 radical (unpaired) electrons. The number of hydrogen-bond acceptors (Lipinski definition) is 12. The smallest absolute Gasteiger partial charge is 0.374 e. The summed E-state index contributed by atoms with van der Waals surface area (Å²) < 4.78 is 2.11. The van der Waals surface area contributed by atoms with Crippen LogP contribution in [-0.4, -0.2) is 109 Å². The number of pyridine rings is 1. The number of aliphatic carboxylic acids is 2. The minimum Gasteiger partial charge on any atom is -0.475 e. The van der Waals surface area contributed by atoms with Gasteiger partial charge in [0.1, 0.15) is 13.1 Å². The van der Waals surface area contributed by atoms with Crippen LogP contribution in [0.1, 0.15) is 5.56 Å². The molecule has 0 aromatic carbocycles. The number of ketones is 2. The maximum absolute atomic E-state index is 12.1. The first-order valence-corrected chi connectivity index (χ1v) is 13.2. The summed E-state index contributed by atoms with van der Waals surface area (Å²) in [5.41, 5.74) is 15.3. The molecule has 0 spiro atoms. The first kappa shape index (κ1) is 37.1. The molecule has 0 bridgehead atoms. The van der Waals surface area contributed by atoms with Crippen molar-refractivity contribution >= 4 is 56.9 Å². The van der Waals surface area contributed by atoms with Crippen LogP contribution < -0.4 is 34.0 Å². The molecule has 9 N–H and O–H groups in total. The summed E-state index contributed by atoms with van der Waals surface area (Å²) in [5.74, 6) is -6.85. The van der Waals surface area contributed by atoms with Crippen molar-refractivity contribution in [3.8, 4) is 0 Å². The van der Waals surface area contributed by atoms with Crippen LogP contribution in [0.3, 0.4) is 0 Å². The molecule has 2 aromatic heterocycles. The van der Waals surface area contributed by atoms with E-state index >= 15 is 0 Å². The van der Waals surface area contributed by atoms with Crippen LogP contribution in [0.5, 0.6) is 0 Å². The molecule has 0 aliphatic carbocycles. The van der Waals surface area contributed by atoms with E-state index in [1.54, 1.807) is 6.92 Å². The highest BCUT2D eigenvalue weighted by Crippen LogP contribution is 2.05. The zero-order valence-electron chi connectivity index (χ0n) is 23.4. The van der Waals surface area contributed by atoms with Crippen LogP contribution in [0.2, 0.25) is 0 Å². The highest BCUT2D eigenvalue weighted by molar-refractivity contribution is 9.10. The third kappa shape index (κ3) is 11.4. The molecule has 2 aromatic rings. The molecule has 240 valence electrons. The van der Waals surface area contributed by atoms with Crippen LogP contribution in [0, 0.1) is 6.92 Å². The molecule has 0 atom stereocenters. The van der Waals surface area contributed by atoms with Gasteiger partial charge in [-0.3, -0.25) is 38.3 Å². The molecular formula is C24H31BrN8O11. The van der Waals surface area contributed by atoms with Crippen molar-refractivity contribution in [1.29, 1.82) is 0 Å². The molecule has 0 fully saturated rings. The third-order valence-electron chi connectivity index (χ3n) is 5.59. The van der Waals surface area contributed by atoms with Gasteiger partial charge in [0.2, 0.25) is 11.8 Å². The van der Waals surface area contributed by atoms with Crippen molar-refractivity contribution in [2.45, 2.75) is 20.0 Å². The summed E-state index contributed by atoms with van der Waals surface area (Å²) in [6.07, 6.45) is 2.55. The lowest BCUT2D eigenvalue weighted by Crippen LogP contribution is -2.44. The number of aromatic amines is 1. The summed E-state index contributed by atoms with van der Waals surface area (Å²) in [7, 11) is 0. The summed E-state index contributed by atoms with van der Waals surface area (Å²) >= 11 is 2.92. The second-order valence-corrected chi connectivity index (χ2v) is 9.76. The number of aryl methyl sites for hydroxylation is 1. The minimum atomic E-state index is -1.67. The summed E-state index contributed by atoms with van der Waals surface area (Å²) in [6.45, 7) is -0.303. The number of carboxylic acids is 2. The number of nitrogens with two attached hydrogens (primary N) is 3. The Balaban J connectivity index is 0.000000440. The molecule has 19 nitrogen and oxygen atoms in total. The highest BCUT2D eigenvalue weighted by Gasteiger charge is 2.22. The Morgan fingerprint density at radius 1 is 0.841 bits per heavy atom. The van der Waals surface area contributed by atoms with Gasteiger partial charge >= 0.3 is 17.6 Å². The number of halogens is 1. The van der Waals surface area contributed by atoms with Gasteiger partial charge in [0, 0.05) is 50.3 Å². The van der Waals surface area contributed by atoms with Gasteiger partial charge in [0.15, 0.2) is 0 Å². The standard InChI is InChI=1S/C13H18N4O5.C11H13BrN4O6/c1-8-5-17(11(19)4-9(8)15)7-12(20)16(3-2-14)6-10(18)13(21)22;12-6-3-16(11(22)14-9(6)19)5-8(18)15(2-1-13)4-7(17)10(20)21/h4-5H,2-3,6-7,14-15H2,1H3,(H,21,22);3H,1-2,4-5,13H2,(H,20,21)(H,14,19,22). The molecule has 2 heterocycles. The van der Waals surface area contributed by atoms with E-state index in [4.69, 9.17) is 27.4 Å². The number of carbonyl (C=O) groups excluding carboxylic acids is 4. The fourth-order valence-corrected chi connectivity index (χ4v) is 3.64. The van der Waals surface area contributed by atoms with E-state index in [1.165, 1.54) is 12.3 Å². The zero-order valence-corrected chi connectivity index (χ0v) is 24.9. The van der Waals surface area contributed by atoms with Crippen molar-refractivity contribution in [1.82, 2.24) is 23.9 Å². The number of carboxylic acid groups (broad SMARTS) is 2. The van der Waals surface area contributed by atoms with Gasteiger partial charge in [-0.25, -0.2) is 14.4 Å². The maximum Gasteiger partial charge on any atom is 0.374 e. The van der Waals surface area contributed by atoms with E-state index in [2.05, 4.69) is 15.9 Å². The normalized spacial score (nSPS) is 10.3. The molecule has 44 heavy (non-hydrogen) atoms. The number of H-pyrrole nitrogens is 1. The van der Waals surface area contributed by atoms with Gasteiger partial charge in [-0.1, -0.05) is 0 Å². The average Bonchev–Trinajstić information content (AvgIpc) is 2.94. The lowest BCUT2D eigenvalue weighted by Gasteiger charge is -2.21. The Morgan fingerprint density at radius 3 is 1.73 bits per heavy atom. The predicted molar refractivity (Wildman–Crippen MR) is 155 cm³/mol. The van der Waals surface area contributed by atoms with Gasteiger partial charge in [0.25, 0.3) is 22.7 Å². The predicted octanol–water partition coefficient (Wildman–Crippen LogP) is -4.08. The molecule has 20 heteroatoms. The quantitative estimate of drug-likeness (QED) is 0.103. The van der Waals surface area contributed by atoms with Gasteiger partial charge in [-0.2, -0.15) is 0 Å². The SMILES string of the molecule is Cc1cn(CC(=O)N(CCN)CC(=O)C(=O)O)c(=O)cc1N.NCCN(CC(=O)C(=O)O)C(=O)Cn1cc(Br)c(=O)[nH]c1=O. The molecule has 0 saturated carbocycles. The monoisotopic (exact) mass is 686 g/mol.